The molecule has 0 fully saturated rings. The van der Waals surface area contributed by atoms with Crippen molar-refractivity contribution < 1.29 is 27.1 Å². The number of amides is 2. The summed E-state index contributed by atoms with van der Waals surface area (Å²) in [7, 11) is -2.69. The summed E-state index contributed by atoms with van der Waals surface area (Å²) in [6.07, 6.45) is 0.301. The summed E-state index contributed by atoms with van der Waals surface area (Å²) in [4.78, 5) is 28.0. The molecule has 0 bridgehead atoms. The van der Waals surface area contributed by atoms with Crippen molar-refractivity contribution in [2.24, 2.45) is 0 Å². The van der Waals surface area contributed by atoms with Gasteiger partial charge < -0.3 is 15.0 Å². The molecule has 202 valence electrons. The van der Waals surface area contributed by atoms with E-state index >= 15 is 0 Å². The highest BCUT2D eigenvalue weighted by atomic mass is 32.2. The van der Waals surface area contributed by atoms with E-state index in [9.17, 15) is 22.4 Å². The number of anilines is 1. The van der Waals surface area contributed by atoms with Crippen LogP contribution in [-0.2, 0) is 26.2 Å². The van der Waals surface area contributed by atoms with Gasteiger partial charge in [-0.05, 0) is 67.4 Å². The van der Waals surface area contributed by atoms with Gasteiger partial charge in [0.25, 0.3) is 10.0 Å². The number of carbonyl (C=O) groups is 2. The molecule has 8 nitrogen and oxygen atoms in total. The molecule has 1 N–H and O–H groups in total. The van der Waals surface area contributed by atoms with Crippen LogP contribution in [0.3, 0.4) is 0 Å². The van der Waals surface area contributed by atoms with E-state index < -0.39 is 34.3 Å². The molecule has 0 aliphatic heterocycles. The smallest absolute Gasteiger partial charge is 0.264 e. The molecular weight excluding hydrogens is 509 g/mol. The molecule has 10 heteroatoms. The minimum absolute atomic E-state index is 0.0000323. The van der Waals surface area contributed by atoms with Crippen LogP contribution in [0.1, 0.15) is 25.8 Å². The van der Waals surface area contributed by atoms with Crippen molar-refractivity contribution in [1.82, 2.24) is 10.2 Å². The Hall–Kier alpha value is -3.92. The standard InChI is InChI=1S/C28H32FN3O5S/c1-4-26(28(34)30-5-2)31(19-21-11-13-22(29)14-12-21)27(33)20-32(23-9-7-6-8-10-23)38(35,36)25-17-15-24(37-3)16-18-25/h6-18,26H,4-5,19-20H2,1-3H3,(H,30,34)/t26-/m0/s1. The van der Waals surface area contributed by atoms with Crippen molar-refractivity contribution in [3.8, 4) is 5.75 Å². The van der Waals surface area contributed by atoms with E-state index in [4.69, 9.17) is 4.74 Å². The summed E-state index contributed by atoms with van der Waals surface area (Å²) in [5.74, 6) is -0.865. The maximum atomic E-state index is 13.8. The molecule has 0 radical (unpaired) electrons. The highest BCUT2D eigenvalue weighted by Crippen LogP contribution is 2.26. The molecule has 0 unspecified atom stereocenters. The third-order valence-corrected chi connectivity index (χ3v) is 7.76. The van der Waals surface area contributed by atoms with Gasteiger partial charge in [-0.1, -0.05) is 37.3 Å². The van der Waals surface area contributed by atoms with Gasteiger partial charge in [0.2, 0.25) is 11.8 Å². The number of sulfonamides is 1. The number of rotatable bonds is 12. The van der Waals surface area contributed by atoms with E-state index in [-0.39, 0.29) is 17.3 Å². The fraction of sp³-hybridized carbons (Fsp3) is 0.286. The predicted molar refractivity (Wildman–Crippen MR) is 144 cm³/mol. The van der Waals surface area contributed by atoms with E-state index in [2.05, 4.69) is 5.32 Å². The number of nitrogens with one attached hydrogen (secondary N) is 1. The Morgan fingerprint density at radius 1 is 0.947 bits per heavy atom. The largest absolute Gasteiger partial charge is 0.497 e. The van der Waals surface area contributed by atoms with Crippen LogP contribution in [-0.4, -0.2) is 51.4 Å². The van der Waals surface area contributed by atoms with Crippen molar-refractivity contribution in [1.29, 1.82) is 0 Å². The minimum atomic E-state index is -4.17. The summed E-state index contributed by atoms with van der Waals surface area (Å²) in [6.45, 7) is 3.37. The molecule has 2 amide bonds. The second kappa shape index (κ2) is 13.0. The Bertz CT molecular complexity index is 1320. The summed E-state index contributed by atoms with van der Waals surface area (Å²) >= 11 is 0. The molecule has 0 aliphatic rings. The summed E-state index contributed by atoms with van der Waals surface area (Å²) in [6, 6.07) is 18.9. The number of ether oxygens (including phenoxy) is 1. The Labute approximate surface area is 223 Å². The van der Waals surface area contributed by atoms with Crippen LogP contribution in [0, 0.1) is 5.82 Å². The minimum Gasteiger partial charge on any atom is -0.497 e. The monoisotopic (exact) mass is 541 g/mol. The number of benzene rings is 3. The van der Waals surface area contributed by atoms with E-state index in [1.165, 1.54) is 60.5 Å². The number of methoxy groups -OCH3 is 1. The van der Waals surface area contributed by atoms with E-state index in [1.54, 1.807) is 44.2 Å². The Morgan fingerprint density at radius 2 is 1.58 bits per heavy atom. The van der Waals surface area contributed by atoms with Crippen LogP contribution in [0.2, 0.25) is 0 Å². The summed E-state index contributed by atoms with van der Waals surface area (Å²) in [5.41, 5.74) is 0.899. The first kappa shape index (κ1) is 28.6. The van der Waals surface area contributed by atoms with E-state index in [1.807, 2.05) is 0 Å². The lowest BCUT2D eigenvalue weighted by Gasteiger charge is -2.33. The van der Waals surface area contributed by atoms with Crippen LogP contribution in [0.4, 0.5) is 10.1 Å². The molecular formula is C28H32FN3O5S. The topological polar surface area (TPSA) is 96.0 Å². The van der Waals surface area contributed by atoms with Crippen molar-refractivity contribution in [3.63, 3.8) is 0 Å². The Balaban J connectivity index is 2.02. The van der Waals surface area contributed by atoms with Crippen LogP contribution in [0.5, 0.6) is 5.75 Å². The number of carbonyl (C=O) groups excluding carboxylic acids is 2. The van der Waals surface area contributed by atoms with Crippen molar-refractivity contribution in [2.45, 2.75) is 37.8 Å². The zero-order chi connectivity index (χ0) is 27.7. The third kappa shape index (κ3) is 6.89. The van der Waals surface area contributed by atoms with Crippen LogP contribution in [0.15, 0.2) is 83.8 Å². The second-order valence-electron chi connectivity index (χ2n) is 8.49. The number of para-hydroxylation sites is 1. The fourth-order valence-corrected chi connectivity index (χ4v) is 5.41. The first-order valence-electron chi connectivity index (χ1n) is 12.2. The van der Waals surface area contributed by atoms with Gasteiger partial charge in [0.15, 0.2) is 0 Å². The lowest BCUT2D eigenvalue weighted by molar-refractivity contribution is -0.140. The molecule has 3 rings (SSSR count). The average molecular weight is 542 g/mol. The number of hydrogen-bond donors (Lipinski definition) is 1. The maximum absolute atomic E-state index is 13.8. The van der Waals surface area contributed by atoms with E-state index in [0.717, 1.165) is 4.31 Å². The number of likely N-dealkylation sites (N-methyl/N-ethyl adjacent to an activating group) is 1. The van der Waals surface area contributed by atoms with Gasteiger partial charge in [-0.15, -0.1) is 0 Å². The summed E-state index contributed by atoms with van der Waals surface area (Å²) in [5, 5.41) is 2.74. The molecule has 0 saturated heterocycles. The predicted octanol–water partition coefficient (Wildman–Crippen LogP) is 3.97. The lowest BCUT2D eigenvalue weighted by Crippen LogP contribution is -2.52. The molecule has 38 heavy (non-hydrogen) atoms. The van der Waals surface area contributed by atoms with Gasteiger partial charge in [0, 0.05) is 13.1 Å². The van der Waals surface area contributed by atoms with Gasteiger partial charge in [-0.2, -0.15) is 0 Å². The maximum Gasteiger partial charge on any atom is 0.264 e. The molecule has 0 aliphatic carbocycles. The zero-order valence-electron chi connectivity index (χ0n) is 21.6. The second-order valence-corrected chi connectivity index (χ2v) is 10.4. The highest BCUT2D eigenvalue weighted by molar-refractivity contribution is 7.92. The quantitative estimate of drug-likeness (QED) is 0.374. The molecule has 0 aromatic heterocycles. The third-order valence-electron chi connectivity index (χ3n) is 5.97. The number of halogens is 1. The van der Waals surface area contributed by atoms with E-state index in [0.29, 0.717) is 30.0 Å². The van der Waals surface area contributed by atoms with Gasteiger partial charge >= 0.3 is 0 Å². The normalized spacial score (nSPS) is 11.9. The molecule has 0 saturated carbocycles. The average Bonchev–Trinajstić information content (AvgIpc) is 2.93. The molecule has 0 spiro atoms. The van der Waals surface area contributed by atoms with Crippen LogP contribution >= 0.6 is 0 Å². The first-order chi connectivity index (χ1) is 18.2. The number of hydrogen-bond acceptors (Lipinski definition) is 5. The van der Waals surface area contributed by atoms with Gasteiger partial charge in [-0.25, -0.2) is 12.8 Å². The Morgan fingerprint density at radius 3 is 2.13 bits per heavy atom. The zero-order valence-corrected chi connectivity index (χ0v) is 22.4. The van der Waals surface area contributed by atoms with Gasteiger partial charge in [-0.3, -0.25) is 13.9 Å². The summed E-state index contributed by atoms with van der Waals surface area (Å²) < 4.78 is 47.2. The van der Waals surface area contributed by atoms with Gasteiger partial charge in [0.1, 0.15) is 24.2 Å². The molecule has 3 aromatic rings. The molecule has 3 aromatic carbocycles. The van der Waals surface area contributed by atoms with Crippen molar-refractivity contribution in [3.05, 3.63) is 90.2 Å². The molecule has 1 atom stereocenters. The van der Waals surface area contributed by atoms with Crippen molar-refractivity contribution in [2.75, 3.05) is 24.5 Å². The number of nitrogens with zero attached hydrogens (tertiary/aromatic N) is 2. The van der Waals surface area contributed by atoms with Gasteiger partial charge in [0.05, 0.1) is 17.7 Å². The molecule has 0 heterocycles. The highest BCUT2D eigenvalue weighted by Gasteiger charge is 2.33. The Kier molecular flexibility index (Phi) is 9.84. The van der Waals surface area contributed by atoms with Crippen molar-refractivity contribution >= 4 is 27.5 Å². The fourth-order valence-electron chi connectivity index (χ4n) is 4.00. The SMILES string of the molecule is CCNC(=O)[C@H](CC)N(Cc1ccc(F)cc1)C(=O)CN(c1ccccc1)S(=O)(=O)c1ccc(OC)cc1. The van der Waals surface area contributed by atoms with Crippen LogP contribution in [0.25, 0.3) is 0 Å². The van der Waals surface area contributed by atoms with Crippen LogP contribution < -0.4 is 14.4 Å². The lowest BCUT2D eigenvalue weighted by atomic mass is 10.1. The first-order valence-corrected chi connectivity index (χ1v) is 13.7.